The standard InChI is InChI=1S/C23H24Cl2N2O8S/c1-33-16-8-5-9-17(34-2)19(16)21(29)26-14(22(30)31)10-36-11-15(23(32)35-3)27-20(28)18-12(24)6-4-7-13(18)25/h4-9,14-15H,10-11H2,1-3H3,(H,26,29)(H,27,28)(H,30,31)/t14-,15+/m0/s1. The Balaban J connectivity index is 2.10. The van der Waals surface area contributed by atoms with Gasteiger partial charge in [0.15, 0.2) is 0 Å². The molecule has 0 aliphatic carbocycles. The number of hydrogen-bond acceptors (Lipinski definition) is 8. The molecule has 36 heavy (non-hydrogen) atoms. The molecule has 0 aromatic heterocycles. The van der Waals surface area contributed by atoms with Crippen LogP contribution >= 0.6 is 35.0 Å². The van der Waals surface area contributed by atoms with Crippen LogP contribution in [-0.4, -0.2) is 73.8 Å². The molecule has 2 rings (SSSR count). The Labute approximate surface area is 221 Å². The Morgan fingerprint density at radius 1 is 0.833 bits per heavy atom. The van der Waals surface area contributed by atoms with Crippen molar-refractivity contribution in [2.45, 2.75) is 12.1 Å². The summed E-state index contributed by atoms with van der Waals surface area (Å²) in [6.45, 7) is 0. The minimum atomic E-state index is -1.33. The summed E-state index contributed by atoms with van der Waals surface area (Å²) >= 11 is 13.1. The fourth-order valence-corrected chi connectivity index (χ4v) is 4.66. The van der Waals surface area contributed by atoms with E-state index in [1.165, 1.54) is 38.5 Å². The van der Waals surface area contributed by atoms with Crippen molar-refractivity contribution in [3.8, 4) is 11.5 Å². The molecule has 2 aromatic rings. The molecule has 0 saturated heterocycles. The molecule has 3 N–H and O–H groups in total. The average molecular weight is 559 g/mol. The number of rotatable bonds is 12. The molecule has 13 heteroatoms. The van der Waals surface area contributed by atoms with E-state index in [4.69, 9.17) is 37.4 Å². The van der Waals surface area contributed by atoms with Gasteiger partial charge in [0.05, 0.1) is 36.9 Å². The Bertz CT molecular complexity index is 1090. The normalized spacial score (nSPS) is 12.1. The topological polar surface area (TPSA) is 140 Å². The number of ether oxygens (including phenoxy) is 3. The van der Waals surface area contributed by atoms with Crippen LogP contribution in [0.1, 0.15) is 20.7 Å². The SMILES string of the molecule is COC(=O)[C@@H](CSC[C@H](NC(=O)c1c(OC)cccc1OC)C(=O)O)NC(=O)c1c(Cl)cccc1Cl. The van der Waals surface area contributed by atoms with Gasteiger partial charge in [-0.3, -0.25) is 9.59 Å². The molecule has 10 nitrogen and oxygen atoms in total. The first-order valence-corrected chi connectivity index (χ1v) is 12.2. The van der Waals surface area contributed by atoms with E-state index in [1.807, 2.05) is 0 Å². The van der Waals surface area contributed by atoms with Crippen molar-refractivity contribution in [1.82, 2.24) is 10.6 Å². The van der Waals surface area contributed by atoms with Crippen LogP contribution in [0.3, 0.4) is 0 Å². The third-order valence-corrected chi connectivity index (χ3v) is 6.58. The zero-order chi connectivity index (χ0) is 26.8. The highest BCUT2D eigenvalue weighted by Crippen LogP contribution is 2.28. The highest BCUT2D eigenvalue weighted by Gasteiger charge is 2.28. The van der Waals surface area contributed by atoms with Gasteiger partial charge in [-0.2, -0.15) is 11.8 Å². The smallest absolute Gasteiger partial charge is 0.329 e. The van der Waals surface area contributed by atoms with Crippen LogP contribution in [0.15, 0.2) is 36.4 Å². The van der Waals surface area contributed by atoms with Gasteiger partial charge in [0.2, 0.25) is 0 Å². The minimum Gasteiger partial charge on any atom is -0.496 e. The summed E-state index contributed by atoms with van der Waals surface area (Å²) in [5.74, 6) is -3.26. The van der Waals surface area contributed by atoms with Gasteiger partial charge in [-0.1, -0.05) is 35.3 Å². The van der Waals surface area contributed by atoms with Gasteiger partial charge in [-0.05, 0) is 24.3 Å². The lowest BCUT2D eigenvalue weighted by Crippen LogP contribution is -2.45. The van der Waals surface area contributed by atoms with Gasteiger partial charge in [0, 0.05) is 11.5 Å². The fraction of sp³-hybridized carbons (Fsp3) is 0.304. The van der Waals surface area contributed by atoms with Crippen LogP contribution in [0, 0.1) is 0 Å². The number of amides is 2. The molecule has 0 aliphatic rings. The van der Waals surface area contributed by atoms with Gasteiger partial charge in [0.25, 0.3) is 11.8 Å². The summed E-state index contributed by atoms with van der Waals surface area (Å²) in [7, 11) is 3.88. The van der Waals surface area contributed by atoms with E-state index >= 15 is 0 Å². The predicted octanol–water partition coefficient (Wildman–Crippen LogP) is 2.90. The molecule has 0 spiro atoms. The Hall–Kier alpha value is -3.15. The van der Waals surface area contributed by atoms with Crippen molar-refractivity contribution < 1.29 is 38.5 Å². The molecule has 0 saturated carbocycles. The summed E-state index contributed by atoms with van der Waals surface area (Å²) in [6, 6.07) is 6.74. The first-order chi connectivity index (χ1) is 17.1. The second-order valence-corrected chi connectivity index (χ2v) is 8.97. The summed E-state index contributed by atoms with van der Waals surface area (Å²) in [5, 5.41) is 14.7. The number of carboxylic acid groups (broad SMARTS) is 1. The van der Waals surface area contributed by atoms with Gasteiger partial charge < -0.3 is 30.0 Å². The third kappa shape index (κ3) is 7.42. The average Bonchev–Trinajstić information content (AvgIpc) is 2.85. The minimum absolute atomic E-state index is 0.0128. The zero-order valence-electron chi connectivity index (χ0n) is 19.5. The number of benzene rings is 2. The summed E-state index contributed by atoms with van der Waals surface area (Å²) in [6.07, 6.45) is 0. The lowest BCUT2D eigenvalue weighted by Gasteiger charge is -2.20. The number of nitrogens with one attached hydrogen (secondary N) is 2. The Morgan fingerprint density at radius 2 is 1.31 bits per heavy atom. The first-order valence-electron chi connectivity index (χ1n) is 10.3. The second-order valence-electron chi connectivity index (χ2n) is 7.09. The quantitative estimate of drug-likeness (QED) is 0.335. The molecule has 0 bridgehead atoms. The number of methoxy groups -OCH3 is 3. The largest absolute Gasteiger partial charge is 0.496 e. The number of thioether (sulfide) groups is 1. The molecule has 2 aromatic carbocycles. The number of carbonyl (C=O) groups excluding carboxylic acids is 3. The van der Waals surface area contributed by atoms with Crippen LogP contribution in [0.5, 0.6) is 11.5 Å². The maximum atomic E-state index is 12.8. The highest BCUT2D eigenvalue weighted by atomic mass is 35.5. The van der Waals surface area contributed by atoms with E-state index in [9.17, 15) is 24.3 Å². The molecule has 2 atom stereocenters. The van der Waals surface area contributed by atoms with E-state index in [1.54, 1.807) is 12.1 Å². The monoisotopic (exact) mass is 558 g/mol. The highest BCUT2D eigenvalue weighted by molar-refractivity contribution is 7.99. The summed E-state index contributed by atoms with van der Waals surface area (Å²) in [5.41, 5.74) is 0.0243. The van der Waals surface area contributed by atoms with Gasteiger partial charge in [-0.25, -0.2) is 9.59 Å². The molecule has 0 fully saturated rings. The summed E-state index contributed by atoms with van der Waals surface area (Å²) in [4.78, 5) is 49.5. The Morgan fingerprint density at radius 3 is 1.81 bits per heavy atom. The maximum absolute atomic E-state index is 12.8. The van der Waals surface area contributed by atoms with Crippen LogP contribution in [0.2, 0.25) is 10.0 Å². The molecule has 0 aliphatic heterocycles. The lowest BCUT2D eigenvalue weighted by atomic mass is 10.1. The van der Waals surface area contributed by atoms with Gasteiger partial charge in [-0.15, -0.1) is 0 Å². The van der Waals surface area contributed by atoms with E-state index < -0.39 is 35.8 Å². The number of carbonyl (C=O) groups is 4. The van der Waals surface area contributed by atoms with Gasteiger partial charge in [0.1, 0.15) is 29.1 Å². The van der Waals surface area contributed by atoms with Crippen LogP contribution in [0.4, 0.5) is 0 Å². The molecular formula is C23H24Cl2N2O8S. The van der Waals surface area contributed by atoms with Crippen LogP contribution in [0.25, 0.3) is 0 Å². The zero-order valence-corrected chi connectivity index (χ0v) is 21.8. The number of esters is 1. The first kappa shape index (κ1) is 29.1. The van der Waals surface area contributed by atoms with Crippen molar-refractivity contribution >= 4 is 58.7 Å². The number of aliphatic carboxylic acids is 1. The number of halogens is 2. The fourth-order valence-electron chi connectivity index (χ4n) is 3.04. The van der Waals surface area contributed by atoms with E-state index in [0.29, 0.717) is 0 Å². The molecule has 0 unspecified atom stereocenters. The molecular weight excluding hydrogens is 535 g/mol. The van der Waals surface area contributed by atoms with E-state index in [2.05, 4.69) is 10.6 Å². The number of hydrogen-bond donors (Lipinski definition) is 3. The Kier molecular flexibility index (Phi) is 11.2. The van der Waals surface area contributed by atoms with Crippen molar-refractivity contribution in [2.24, 2.45) is 0 Å². The van der Waals surface area contributed by atoms with Crippen molar-refractivity contribution in [1.29, 1.82) is 0 Å². The second kappa shape index (κ2) is 13.8. The maximum Gasteiger partial charge on any atom is 0.329 e. The van der Waals surface area contributed by atoms with Gasteiger partial charge >= 0.3 is 11.9 Å². The van der Waals surface area contributed by atoms with Crippen LogP contribution < -0.4 is 20.1 Å². The van der Waals surface area contributed by atoms with Crippen LogP contribution in [-0.2, 0) is 14.3 Å². The molecule has 194 valence electrons. The number of carboxylic acids is 1. The lowest BCUT2D eigenvalue weighted by molar-refractivity contribution is -0.142. The molecule has 2 amide bonds. The predicted molar refractivity (Wildman–Crippen MR) is 135 cm³/mol. The van der Waals surface area contributed by atoms with Crippen molar-refractivity contribution in [3.63, 3.8) is 0 Å². The van der Waals surface area contributed by atoms with Crippen molar-refractivity contribution in [2.75, 3.05) is 32.8 Å². The van der Waals surface area contributed by atoms with E-state index in [0.717, 1.165) is 18.9 Å². The molecule has 0 radical (unpaired) electrons. The van der Waals surface area contributed by atoms with E-state index in [-0.39, 0.29) is 44.2 Å². The third-order valence-electron chi connectivity index (χ3n) is 4.81. The molecule has 0 heterocycles. The van der Waals surface area contributed by atoms with Crippen molar-refractivity contribution in [3.05, 3.63) is 57.6 Å². The summed E-state index contributed by atoms with van der Waals surface area (Å²) < 4.78 is 15.1.